The van der Waals surface area contributed by atoms with Gasteiger partial charge in [0.25, 0.3) is 10.0 Å². The van der Waals surface area contributed by atoms with Gasteiger partial charge < -0.3 is 15.0 Å². The average Bonchev–Trinajstić information content (AvgIpc) is 3.06. The Kier molecular flexibility index (Phi) is 11.8. The zero-order valence-corrected chi connectivity index (χ0v) is 26.9. The normalized spacial score (nSPS) is 11.8. The van der Waals surface area contributed by atoms with Crippen molar-refractivity contribution in [3.05, 3.63) is 126 Å². The number of hydrogen-bond acceptors (Lipinski definition) is 5. The van der Waals surface area contributed by atoms with Gasteiger partial charge in [-0.1, -0.05) is 85.3 Å². The molecule has 0 bridgehead atoms. The van der Waals surface area contributed by atoms with Gasteiger partial charge in [-0.25, -0.2) is 8.42 Å². The number of hydrogen-bond donors (Lipinski definition) is 1. The zero-order chi connectivity index (χ0) is 32.2. The second-order valence-electron chi connectivity index (χ2n) is 10.8. The number of amides is 2. The van der Waals surface area contributed by atoms with E-state index < -0.39 is 28.5 Å². The smallest absolute Gasteiger partial charge is 0.264 e. The van der Waals surface area contributed by atoms with E-state index in [0.29, 0.717) is 24.6 Å². The van der Waals surface area contributed by atoms with E-state index in [4.69, 9.17) is 4.74 Å². The van der Waals surface area contributed by atoms with Crippen molar-refractivity contribution in [3.8, 4) is 5.75 Å². The molecule has 0 aliphatic rings. The van der Waals surface area contributed by atoms with Gasteiger partial charge in [-0.15, -0.1) is 0 Å². The number of aryl methyl sites for hydroxylation is 1. The van der Waals surface area contributed by atoms with Crippen LogP contribution in [0.25, 0.3) is 0 Å². The average molecular weight is 628 g/mol. The van der Waals surface area contributed by atoms with Crippen molar-refractivity contribution in [1.29, 1.82) is 0 Å². The fourth-order valence-corrected chi connectivity index (χ4v) is 6.36. The number of anilines is 1. The minimum absolute atomic E-state index is 0.0236. The van der Waals surface area contributed by atoms with Crippen LogP contribution in [0.3, 0.4) is 0 Å². The third kappa shape index (κ3) is 8.95. The quantitative estimate of drug-likeness (QED) is 0.181. The molecule has 0 aliphatic heterocycles. The molecule has 2 amide bonds. The first-order valence-corrected chi connectivity index (χ1v) is 16.6. The highest BCUT2D eigenvalue weighted by Gasteiger charge is 2.34. The number of benzene rings is 4. The standard InChI is InChI=1S/C36H41N3O5S/c1-4-24-37-36(41)34(25-29-12-8-6-9-13-29)38(26-30-14-10-7-11-15-30)35(40)27-39(31-18-16-28(3)17-19-31)45(42,43)33-22-20-32(21-23-33)44-5-2/h6-23,34H,4-5,24-27H2,1-3H3,(H,37,41)/t34-/m1/s1. The molecule has 4 rings (SSSR count). The van der Waals surface area contributed by atoms with Crippen LogP contribution in [0.5, 0.6) is 5.75 Å². The topological polar surface area (TPSA) is 96.0 Å². The van der Waals surface area contributed by atoms with Gasteiger partial charge in [-0.05, 0) is 67.8 Å². The summed E-state index contributed by atoms with van der Waals surface area (Å²) in [7, 11) is -4.19. The summed E-state index contributed by atoms with van der Waals surface area (Å²) < 4.78 is 35.0. The van der Waals surface area contributed by atoms with Crippen molar-refractivity contribution >= 4 is 27.5 Å². The fourth-order valence-electron chi connectivity index (χ4n) is 4.94. The van der Waals surface area contributed by atoms with Crippen molar-refractivity contribution in [2.75, 3.05) is 24.0 Å². The molecular formula is C36H41N3O5S. The van der Waals surface area contributed by atoms with E-state index in [1.807, 2.05) is 81.4 Å². The molecule has 1 atom stereocenters. The van der Waals surface area contributed by atoms with Crippen molar-refractivity contribution in [3.63, 3.8) is 0 Å². The molecule has 9 heteroatoms. The summed E-state index contributed by atoms with van der Waals surface area (Å²) in [6.45, 7) is 6.25. The molecule has 0 saturated carbocycles. The largest absolute Gasteiger partial charge is 0.494 e. The molecule has 0 unspecified atom stereocenters. The van der Waals surface area contributed by atoms with Gasteiger partial charge in [0.2, 0.25) is 11.8 Å². The Labute approximate surface area is 266 Å². The van der Waals surface area contributed by atoms with Gasteiger partial charge in [-0.3, -0.25) is 13.9 Å². The Morgan fingerprint density at radius 2 is 1.40 bits per heavy atom. The SMILES string of the molecule is CCCNC(=O)[C@@H](Cc1ccccc1)N(Cc1ccccc1)C(=O)CN(c1ccc(C)cc1)S(=O)(=O)c1ccc(OCC)cc1. The Balaban J connectivity index is 1.76. The first-order valence-electron chi connectivity index (χ1n) is 15.2. The Hall–Kier alpha value is -4.63. The van der Waals surface area contributed by atoms with Crippen molar-refractivity contribution in [2.24, 2.45) is 0 Å². The summed E-state index contributed by atoms with van der Waals surface area (Å²) in [4.78, 5) is 29.7. The maximum Gasteiger partial charge on any atom is 0.264 e. The van der Waals surface area contributed by atoms with Gasteiger partial charge in [0, 0.05) is 19.5 Å². The van der Waals surface area contributed by atoms with Gasteiger partial charge in [0.1, 0.15) is 18.3 Å². The second kappa shape index (κ2) is 15.9. The molecule has 0 spiro atoms. The fraction of sp³-hybridized carbons (Fsp3) is 0.278. The number of carbonyl (C=O) groups excluding carboxylic acids is 2. The minimum atomic E-state index is -4.19. The maximum atomic E-state index is 14.4. The van der Waals surface area contributed by atoms with Crippen LogP contribution in [0, 0.1) is 6.92 Å². The molecule has 0 fully saturated rings. The Morgan fingerprint density at radius 1 is 0.800 bits per heavy atom. The van der Waals surface area contributed by atoms with E-state index >= 15 is 0 Å². The first kappa shape index (κ1) is 33.3. The molecule has 0 radical (unpaired) electrons. The van der Waals surface area contributed by atoms with Gasteiger partial charge >= 0.3 is 0 Å². The molecule has 4 aromatic rings. The minimum Gasteiger partial charge on any atom is -0.494 e. The van der Waals surface area contributed by atoms with E-state index in [-0.39, 0.29) is 23.8 Å². The van der Waals surface area contributed by atoms with Crippen molar-refractivity contribution < 1.29 is 22.7 Å². The van der Waals surface area contributed by atoms with Crippen LogP contribution in [0.15, 0.2) is 114 Å². The summed E-state index contributed by atoms with van der Waals surface area (Å²) in [5.74, 6) is -0.243. The number of nitrogens with zero attached hydrogens (tertiary/aromatic N) is 2. The number of nitrogens with one attached hydrogen (secondary N) is 1. The molecule has 0 aromatic heterocycles. The number of rotatable bonds is 15. The first-order chi connectivity index (χ1) is 21.7. The maximum absolute atomic E-state index is 14.4. The lowest BCUT2D eigenvalue weighted by Crippen LogP contribution is -2.53. The van der Waals surface area contributed by atoms with Gasteiger partial charge in [0.05, 0.1) is 17.2 Å². The molecule has 0 aliphatic carbocycles. The van der Waals surface area contributed by atoms with Crippen LogP contribution in [-0.4, -0.2) is 50.9 Å². The monoisotopic (exact) mass is 627 g/mol. The zero-order valence-electron chi connectivity index (χ0n) is 26.1. The van der Waals surface area contributed by atoms with Crippen LogP contribution in [0.2, 0.25) is 0 Å². The highest BCUT2D eigenvalue weighted by molar-refractivity contribution is 7.92. The van der Waals surface area contributed by atoms with Crippen LogP contribution in [0.1, 0.15) is 37.0 Å². The molecule has 8 nitrogen and oxygen atoms in total. The molecule has 4 aromatic carbocycles. The predicted octanol–water partition coefficient (Wildman–Crippen LogP) is 5.76. The summed E-state index contributed by atoms with van der Waals surface area (Å²) in [5, 5.41) is 2.96. The van der Waals surface area contributed by atoms with Crippen molar-refractivity contribution in [2.45, 2.75) is 51.1 Å². The third-order valence-electron chi connectivity index (χ3n) is 7.34. The highest BCUT2D eigenvalue weighted by atomic mass is 32.2. The van der Waals surface area contributed by atoms with Crippen LogP contribution in [-0.2, 0) is 32.6 Å². The molecule has 1 N–H and O–H groups in total. The van der Waals surface area contributed by atoms with Crippen LogP contribution >= 0.6 is 0 Å². The summed E-state index contributed by atoms with van der Waals surface area (Å²) >= 11 is 0. The molecule has 236 valence electrons. The number of sulfonamides is 1. The number of ether oxygens (including phenoxy) is 1. The second-order valence-corrected chi connectivity index (χ2v) is 12.6. The lowest BCUT2D eigenvalue weighted by atomic mass is 10.0. The van der Waals surface area contributed by atoms with E-state index in [9.17, 15) is 18.0 Å². The molecule has 45 heavy (non-hydrogen) atoms. The predicted molar refractivity (Wildman–Crippen MR) is 178 cm³/mol. The van der Waals surface area contributed by atoms with Crippen LogP contribution in [0.4, 0.5) is 5.69 Å². The Bertz CT molecular complexity index is 1630. The van der Waals surface area contributed by atoms with Crippen LogP contribution < -0.4 is 14.4 Å². The lowest BCUT2D eigenvalue weighted by Gasteiger charge is -2.34. The number of carbonyl (C=O) groups is 2. The third-order valence-corrected chi connectivity index (χ3v) is 9.13. The lowest BCUT2D eigenvalue weighted by molar-refractivity contribution is -0.140. The van der Waals surface area contributed by atoms with E-state index in [1.54, 1.807) is 36.4 Å². The van der Waals surface area contributed by atoms with Crippen molar-refractivity contribution in [1.82, 2.24) is 10.2 Å². The van der Waals surface area contributed by atoms with E-state index in [2.05, 4.69) is 5.32 Å². The van der Waals surface area contributed by atoms with E-state index in [0.717, 1.165) is 27.4 Å². The molecular weight excluding hydrogens is 586 g/mol. The molecule has 0 heterocycles. The molecule has 0 saturated heterocycles. The highest BCUT2D eigenvalue weighted by Crippen LogP contribution is 2.27. The summed E-state index contributed by atoms with van der Waals surface area (Å²) in [5.41, 5.74) is 3.00. The van der Waals surface area contributed by atoms with Gasteiger partial charge in [0.15, 0.2) is 0 Å². The van der Waals surface area contributed by atoms with Gasteiger partial charge in [-0.2, -0.15) is 0 Å². The Morgan fingerprint density at radius 3 is 1.98 bits per heavy atom. The van der Waals surface area contributed by atoms with E-state index in [1.165, 1.54) is 17.0 Å². The summed E-state index contributed by atoms with van der Waals surface area (Å²) in [6.07, 6.45) is 1.00. The summed E-state index contributed by atoms with van der Waals surface area (Å²) in [6, 6.07) is 31.2.